The van der Waals surface area contributed by atoms with Gasteiger partial charge in [-0.05, 0) is 32.9 Å². The van der Waals surface area contributed by atoms with Gasteiger partial charge in [-0.1, -0.05) is 12.1 Å². The van der Waals surface area contributed by atoms with Crippen LogP contribution in [0.3, 0.4) is 0 Å². The first-order valence-corrected chi connectivity index (χ1v) is 8.27. The van der Waals surface area contributed by atoms with Gasteiger partial charge in [-0.25, -0.2) is 12.8 Å². The molecule has 0 aliphatic carbocycles. The van der Waals surface area contributed by atoms with Crippen LogP contribution in [-0.2, 0) is 9.84 Å². The van der Waals surface area contributed by atoms with Crippen molar-refractivity contribution in [3.8, 4) is 0 Å². The van der Waals surface area contributed by atoms with Crippen molar-refractivity contribution in [2.75, 3.05) is 19.3 Å². The second-order valence-electron chi connectivity index (χ2n) is 5.62. The highest BCUT2D eigenvalue weighted by Gasteiger charge is 2.19. The monoisotopic (exact) mass is 315 g/mol. The molecule has 21 heavy (non-hydrogen) atoms. The third-order valence-corrected chi connectivity index (χ3v) is 4.29. The first-order chi connectivity index (χ1) is 9.65. The van der Waals surface area contributed by atoms with E-state index in [1.165, 1.54) is 18.2 Å². The van der Waals surface area contributed by atoms with Crippen molar-refractivity contribution in [1.29, 1.82) is 0 Å². The summed E-state index contributed by atoms with van der Waals surface area (Å²) >= 11 is 0. The minimum absolute atomic E-state index is 0.145. The second-order valence-corrected chi connectivity index (χ2v) is 7.70. The van der Waals surface area contributed by atoms with Gasteiger partial charge in [0, 0.05) is 19.1 Å². The zero-order valence-electron chi connectivity index (χ0n) is 12.8. The average Bonchev–Trinajstić information content (AvgIpc) is 2.36. The van der Waals surface area contributed by atoms with E-state index >= 15 is 0 Å². The number of rotatable bonds is 4. The van der Waals surface area contributed by atoms with Crippen LogP contribution in [-0.4, -0.2) is 39.3 Å². The molecule has 0 radical (unpaired) electrons. The van der Waals surface area contributed by atoms with Crippen LogP contribution in [0.15, 0.2) is 34.2 Å². The Balaban J connectivity index is 2.65. The van der Waals surface area contributed by atoms with Gasteiger partial charge >= 0.3 is 0 Å². The smallest absolute Gasteiger partial charge is 0.191 e. The van der Waals surface area contributed by atoms with Crippen LogP contribution in [0.5, 0.6) is 0 Å². The third-order valence-electron chi connectivity index (χ3n) is 2.55. The summed E-state index contributed by atoms with van der Waals surface area (Å²) in [5, 5.41) is 6.02. The van der Waals surface area contributed by atoms with Crippen LogP contribution in [0.25, 0.3) is 0 Å². The number of guanidine groups is 1. The Hall–Kier alpha value is -1.63. The molecule has 0 aliphatic rings. The van der Waals surface area contributed by atoms with Crippen molar-refractivity contribution >= 4 is 15.8 Å². The Morgan fingerprint density at radius 2 is 1.90 bits per heavy atom. The summed E-state index contributed by atoms with van der Waals surface area (Å²) in [5.74, 6) is -0.431. The fraction of sp³-hybridized carbons (Fsp3) is 0.500. The lowest BCUT2D eigenvalue weighted by Crippen LogP contribution is -2.48. The number of nitrogens with one attached hydrogen (secondary N) is 2. The molecule has 1 aromatic rings. The molecule has 0 spiro atoms. The van der Waals surface area contributed by atoms with E-state index in [0.717, 1.165) is 6.07 Å². The highest BCUT2D eigenvalue weighted by molar-refractivity contribution is 7.91. The van der Waals surface area contributed by atoms with E-state index in [2.05, 4.69) is 15.6 Å². The van der Waals surface area contributed by atoms with Gasteiger partial charge in [-0.2, -0.15) is 0 Å². The number of nitrogens with zero attached hydrogens (tertiary/aromatic N) is 1. The van der Waals surface area contributed by atoms with Crippen LogP contribution >= 0.6 is 0 Å². The molecule has 118 valence electrons. The van der Waals surface area contributed by atoms with Crippen LogP contribution in [0.2, 0.25) is 0 Å². The molecule has 2 N–H and O–H groups in total. The Morgan fingerprint density at radius 3 is 2.43 bits per heavy atom. The normalized spacial score (nSPS) is 13.1. The largest absolute Gasteiger partial charge is 0.355 e. The molecule has 1 aromatic carbocycles. The maximum absolute atomic E-state index is 13.5. The van der Waals surface area contributed by atoms with E-state index in [9.17, 15) is 12.8 Å². The predicted molar refractivity (Wildman–Crippen MR) is 82.7 cm³/mol. The Bertz CT molecular complexity index is 607. The SMILES string of the molecule is CN=C(NCCS(=O)(=O)c1ccccc1F)NC(C)(C)C. The summed E-state index contributed by atoms with van der Waals surface area (Å²) in [6, 6.07) is 5.37. The van der Waals surface area contributed by atoms with Gasteiger partial charge in [0.2, 0.25) is 0 Å². The molecule has 0 saturated heterocycles. The fourth-order valence-corrected chi connectivity index (χ4v) is 2.89. The number of hydrogen-bond donors (Lipinski definition) is 2. The number of hydrogen-bond acceptors (Lipinski definition) is 3. The summed E-state index contributed by atoms with van der Waals surface area (Å²) in [5.41, 5.74) is -0.188. The molecular formula is C14H22FN3O2S. The number of aliphatic imine (C=N–C) groups is 1. The van der Waals surface area contributed by atoms with Gasteiger partial charge in [0.1, 0.15) is 10.7 Å². The van der Waals surface area contributed by atoms with Crippen LogP contribution in [0.1, 0.15) is 20.8 Å². The van der Waals surface area contributed by atoms with E-state index in [1.807, 2.05) is 20.8 Å². The minimum Gasteiger partial charge on any atom is -0.355 e. The van der Waals surface area contributed by atoms with Gasteiger partial charge in [0.15, 0.2) is 15.8 Å². The molecule has 0 atom stereocenters. The summed E-state index contributed by atoms with van der Waals surface area (Å²) < 4.78 is 37.7. The van der Waals surface area contributed by atoms with E-state index < -0.39 is 15.7 Å². The number of benzene rings is 1. The maximum Gasteiger partial charge on any atom is 0.191 e. The molecule has 0 unspecified atom stereocenters. The van der Waals surface area contributed by atoms with E-state index in [0.29, 0.717) is 5.96 Å². The van der Waals surface area contributed by atoms with Gasteiger partial charge in [0.05, 0.1) is 5.75 Å². The Labute approximate surface area is 125 Å². The topological polar surface area (TPSA) is 70.6 Å². The van der Waals surface area contributed by atoms with Gasteiger partial charge in [-0.3, -0.25) is 4.99 Å². The average molecular weight is 315 g/mol. The third kappa shape index (κ3) is 5.71. The van der Waals surface area contributed by atoms with Gasteiger partial charge < -0.3 is 10.6 Å². The lowest BCUT2D eigenvalue weighted by atomic mass is 10.1. The van der Waals surface area contributed by atoms with E-state index in [4.69, 9.17) is 0 Å². The van der Waals surface area contributed by atoms with Gasteiger partial charge in [-0.15, -0.1) is 0 Å². The highest BCUT2D eigenvalue weighted by atomic mass is 32.2. The molecule has 0 heterocycles. The second kappa shape index (κ2) is 6.89. The summed E-state index contributed by atoms with van der Waals surface area (Å²) in [4.78, 5) is 3.74. The molecular weight excluding hydrogens is 293 g/mol. The Kier molecular flexibility index (Phi) is 5.71. The molecule has 0 aliphatic heterocycles. The standard InChI is InChI=1S/C14H22FN3O2S/c1-14(2,3)18-13(16-4)17-9-10-21(19,20)12-8-6-5-7-11(12)15/h5-8H,9-10H2,1-4H3,(H2,16,17,18). The zero-order valence-corrected chi connectivity index (χ0v) is 13.6. The summed E-state index contributed by atoms with van der Waals surface area (Å²) in [7, 11) is -2.06. The first-order valence-electron chi connectivity index (χ1n) is 6.62. The fourth-order valence-electron chi connectivity index (χ4n) is 1.65. The molecule has 7 heteroatoms. The van der Waals surface area contributed by atoms with E-state index in [-0.39, 0.29) is 22.7 Å². The zero-order chi connectivity index (χ0) is 16.1. The predicted octanol–water partition coefficient (Wildman–Crippen LogP) is 1.56. The van der Waals surface area contributed by atoms with Crippen LogP contribution in [0, 0.1) is 5.82 Å². The molecule has 0 fully saturated rings. The van der Waals surface area contributed by atoms with Crippen molar-refractivity contribution in [3.63, 3.8) is 0 Å². The summed E-state index contributed by atoms with van der Waals surface area (Å²) in [6.07, 6.45) is 0. The molecule has 5 nitrogen and oxygen atoms in total. The van der Waals surface area contributed by atoms with Crippen molar-refractivity contribution in [2.24, 2.45) is 4.99 Å². The molecule has 0 saturated carbocycles. The Morgan fingerprint density at radius 1 is 1.29 bits per heavy atom. The van der Waals surface area contributed by atoms with Crippen molar-refractivity contribution in [1.82, 2.24) is 10.6 Å². The molecule has 0 bridgehead atoms. The summed E-state index contributed by atoms with van der Waals surface area (Å²) in [6.45, 7) is 6.05. The number of halogens is 1. The molecule has 0 amide bonds. The van der Waals surface area contributed by atoms with Crippen LogP contribution in [0.4, 0.5) is 4.39 Å². The minimum atomic E-state index is -3.66. The number of sulfone groups is 1. The van der Waals surface area contributed by atoms with Crippen molar-refractivity contribution in [2.45, 2.75) is 31.2 Å². The van der Waals surface area contributed by atoms with Crippen molar-refractivity contribution < 1.29 is 12.8 Å². The highest BCUT2D eigenvalue weighted by Crippen LogP contribution is 2.14. The van der Waals surface area contributed by atoms with E-state index in [1.54, 1.807) is 7.05 Å². The first kappa shape index (κ1) is 17.4. The lowest BCUT2D eigenvalue weighted by molar-refractivity contribution is 0.502. The quantitative estimate of drug-likeness (QED) is 0.653. The molecule has 0 aromatic heterocycles. The maximum atomic E-state index is 13.5. The molecule has 1 rings (SSSR count). The lowest BCUT2D eigenvalue weighted by Gasteiger charge is -2.23. The van der Waals surface area contributed by atoms with Gasteiger partial charge in [0.25, 0.3) is 0 Å². The van der Waals surface area contributed by atoms with Crippen molar-refractivity contribution in [3.05, 3.63) is 30.1 Å². The van der Waals surface area contributed by atoms with Crippen LogP contribution < -0.4 is 10.6 Å².